The van der Waals surface area contributed by atoms with Gasteiger partial charge in [0, 0.05) is 18.7 Å². The molecule has 1 aromatic rings. The van der Waals surface area contributed by atoms with Crippen molar-refractivity contribution in [1.29, 1.82) is 0 Å². The highest BCUT2D eigenvalue weighted by Gasteiger charge is 2.34. The number of fused-ring (bicyclic) bond motifs is 1. The molecule has 11 nitrogen and oxygen atoms in total. The highest BCUT2D eigenvalue weighted by Crippen LogP contribution is 2.35. The highest BCUT2D eigenvalue weighted by molar-refractivity contribution is 6.02. The SMILES string of the molecule is O=C(O)CC1COCCN1C(=O)CN1C(=O)COc2ccc([N+](=O)[O-])cc21. The molecule has 2 heterocycles. The van der Waals surface area contributed by atoms with Gasteiger partial charge < -0.3 is 19.5 Å². The molecule has 1 saturated heterocycles. The lowest BCUT2D eigenvalue weighted by Crippen LogP contribution is -2.54. The summed E-state index contributed by atoms with van der Waals surface area (Å²) in [5, 5.41) is 20.0. The number of carboxylic acid groups (broad SMARTS) is 1. The third-order valence-electron chi connectivity index (χ3n) is 4.35. The van der Waals surface area contributed by atoms with Crippen molar-refractivity contribution in [2.24, 2.45) is 0 Å². The Morgan fingerprint density at radius 3 is 2.85 bits per heavy atom. The molecule has 27 heavy (non-hydrogen) atoms. The van der Waals surface area contributed by atoms with E-state index in [1.807, 2.05) is 0 Å². The first kappa shape index (κ1) is 18.6. The summed E-state index contributed by atoms with van der Waals surface area (Å²) in [6.07, 6.45) is -0.273. The number of anilines is 1. The number of non-ortho nitro benzene ring substituents is 1. The van der Waals surface area contributed by atoms with Gasteiger partial charge in [-0.25, -0.2) is 0 Å². The number of morpholine rings is 1. The van der Waals surface area contributed by atoms with Gasteiger partial charge in [0.1, 0.15) is 12.3 Å². The number of hydrogen-bond donors (Lipinski definition) is 1. The van der Waals surface area contributed by atoms with Crippen molar-refractivity contribution in [2.75, 3.05) is 37.8 Å². The van der Waals surface area contributed by atoms with Crippen molar-refractivity contribution in [2.45, 2.75) is 12.5 Å². The van der Waals surface area contributed by atoms with Crippen LogP contribution in [0.4, 0.5) is 11.4 Å². The second kappa shape index (κ2) is 7.58. The Morgan fingerprint density at radius 1 is 1.37 bits per heavy atom. The van der Waals surface area contributed by atoms with Gasteiger partial charge in [-0.2, -0.15) is 0 Å². The maximum atomic E-state index is 12.7. The zero-order valence-corrected chi connectivity index (χ0v) is 14.2. The summed E-state index contributed by atoms with van der Waals surface area (Å²) in [5.41, 5.74) is -0.100. The van der Waals surface area contributed by atoms with Gasteiger partial charge in [-0.05, 0) is 6.07 Å². The number of benzene rings is 1. The first-order valence-electron chi connectivity index (χ1n) is 8.17. The van der Waals surface area contributed by atoms with Crippen LogP contribution in [0.15, 0.2) is 18.2 Å². The van der Waals surface area contributed by atoms with Crippen molar-refractivity contribution in [3.05, 3.63) is 28.3 Å². The van der Waals surface area contributed by atoms with Crippen LogP contribution in [0.3, 0.4) is 0 Å². The lowest BCUT2D eigenvalue weighted by Gasteiger charge is -2.37. The first-order chi connectivity index (χ1) is 12.9. The molecule has 11 heteroatoms. The number of carbonyl (C=O) groups excluding carboxylic acids is 2. The van der Waals surface area contributed by atoms with Gasteiger partial charge in [-0.1, -0.05) is 0 Å². The monoisotopic (exact) mass is 379 g/mol. The molecule has 1 fully saturated rings. The van der Waals surface area contributed by atoms with Gasteiger partial charge in [0.25, 0.3) is 11.6 Å². The predicted octanol–water partition coefficient (Wildman–Crippen LogP) is 0.0223. The maximum absolute atomic E-state index is 12.7. The molecule has 3 rings (SSSR count). The molecule has 2 amide bonds. The maximum Gasteiger partial charge on any atom is 0.305 e. The van der Waals surface area contributed by atoms with E-state index >= 15 is 0 Å². The van der Waals surface area contributed by atoms with E-state index in [0.717, 1.165) is 4.90 Å². The summed E-state index contributed by atoms with van der Waals surface area (Å²) in [5.74, 6) is -1.78. The number of nitro benzene ring substituents is 1. The van der Waals surface area contributed by atoms with E-state index < -0.39 is 28.7 Å². The minimum atomic E-state index is -1.06. The fraction of sp³-hybridized carbons (Fsp3) is 0.438. The Balaban J connectivity index is 1.83. The van der Waals surface area contributed by atoms with Crippen LogP contribution >= 0.6 is 0 Å². The number of nitrogens with zero attached hydrogens (tertiary/aromatic N) is 3. The van der Waals surface area contributed by atoms with Crippen LogP contribution in [0.2, 0.25) is 0 Å². The summed E-state index contributed by atoms with van der Waals surface area (Å²) in [7, 11) is 0. The third kappa shape index (κ3) is 3.97. The fourth-order valence-corrected chi connectivity index (χ4v) is 3.06. The Labute approximate surface area is 153 Å². The zero-order valence-electron chi connectivity index (χ0n) is 14.2. The number of hydrogen-bond acceptors (Lipinski definition) is 7. The Morgan fingerprint density at radius 2 is 2.15 bits per heavy atom. The van der Waals surface area contributed by atoms with E-state index in [2.05, 4.69) is 0 Å². The van der Waals surface area contributed by atoms with Crippen molar-refractivity contribution in [3.8, 4) is 5.75 Å². The Kier molecular flexibility index (Phi) is 5.21. The molecule has 1 unspecified atom stereocenters. The molecular formula is C16H17N3O8. The van der Waals surface area contributed by atoms with Crippen molar-refractivity contribution in [1.82, 2.24) is 4.90 Å². The summed E-state index contributed by atoms with van der Waals surface area (Å²) in [6, 6.07) is 3.16. The van der Waals surface area contributed by atoms with Crippen molar-refractivity contribution in [3.63, 3.8) is 0 Å². The molecule has 0 radical (unpaired) electrons. The fourth-order valence-electron chi connectivity index (χ4n) is 3.06. The van der Waals surface area contributed by atoms with Crippen LogP contribution in [0.25, 0.3) is 0 Å². The number of ether oxygens (including phenoxy) is 2. The van der Waals surface area contributed by atoms with Crippen LogP contribution in [-0.2, 0) is 19.1 Å². The zero-order chi connectivity index (χ0) is 19.6. The van der Waals surface area contributed by atoms with Gasteiger partial charge in [-0.3, -0.25) is 29.4 Å². The second-order valence-corrected chi connectivity index (χ2v) is 6.09. The molecule has 2 aliphatic heterocycles. The van der Waals surface area contributed by atoms with Crippen LogP contribution in [0.1, 0.15) is 6.42 Å². The summed E-state index contributed by atoms with van der Waals surface area (Å²) in [4.78, 5) is 48.9. The van der Waals surface area contributed by atoms with E-state index in [0.29, 0.717) is 0 Å². The Hall–Kier alpha value is -3.21. The van der Waals surface area contributed by atoms with E-state index in [1.54, 1.807) is 0 Å². The summed E-state index contributed by atoms with van der Waals surface area (Å²) >= 11 is 0. The molecule has 2 aliphatic rings. The Bertz CT molecular complexity index is 796. The number of carboxylic acids is 1. The topological polar surface area (TPSA) is 140 Å². The van der Waals surface area contributed by atoms with Gasteiger partial charge in [-0.15, -0.1) is 0 Å². The first-order valence-corrected chi connectivity index (χ1v) is 8.17. The molecule has 1 atom stereocenters. The van der Waals surface area contributed by atoms with E-state index in [4.69, 9.17) is 14.6 Å². The lowest BCUT2D eigenvalue weighted by atomic mass is 10.1. The molecule has 0 aromatic heterocycles. The van der Waals surface area contributed by atoms with E-state index in [-0.39, 0.29) is 56.5 Å². The average molecular weight is 379 g/mol. The second-order valence-electron chi connectivity index (χ2n) is 6.09. The van der Waals surface area contributed by atoms with Gasteiger partial charge in [0.05, 0.1) is 36.3 Å². The number of nitro groups is 1. The molecule has 0 spiro atoms. The quantitative estimate of drug-likeness (QED) is 0.558. The van der Waals surface area contributed by atoms with Gasteiger partial charge >= 0.3 is 5.97 Å². The number of rotatable bonds is 5. The van der Waals surface area contributed by atoms with Crippen molar-refractivity contribution < 1.29 is 33.9 Å². The van der Waals surface area contributed by atoms with Crippen LogP contribution in [0.5, 0.6) is 5.75 Å². The molecular weight excluding hydrogens is 362 g/mol. The highest BCUT2D eigenvalue weighted by atomic mass is 16.6. The van der Waals surface area contributed by atoms with E-state index in [9.17, 15) is 24.5 Å². The number of carbonyl (C=O) groups is 3. The number of aliphatic carboxylic acids is 1. The van der Waals surface area contributed by atoms with Crippen LogP contribution < -0.4 is 9.64 Å². The van der Waals surface area contributed by atoms with Crippen LogP contribution in [0, 0.1) is 10.1 Å². The average Bonchev–Trinajstić information content (AvgIpc) is 2.63. The molecule has 1 aromatic carbocycles. The largest absolute Gasteiger partial charge is 0.482 e. The third-order valence-corrected chi connectivity index (χ3v) is 4.35. The minimum Gasteiger partial charge on any atom is -0.482 e. The molecule has 0 saturated carbocycles. The molecule has 1 N–H and O–H groups in total. The van der Waals surface area contributed by atoms with Crippen molar-refractivity contribution >= 4 is 29.2 Å². The molecule has 0 bridgehead atoms. The smallest absolute Gasteiger partial charge is 0.305 e. The minimum absolute atomic E-state index is 0.0944. The lowest BCUT2D eigenvalue weighted by molar-refractivity contribution is -0.384. The normalized spacial score (nSPS) is 19.3. The molecule has 144 valence electrons. The van der Waals surface area contributed by atoms with Gasteiger partial charge in [0.15, 0.2) is 6.61 Å². The summed E-state index contributed by atoms with van der Waals surface area (Å²) < 4.78 is 10.5. The molecule has 0 aliphatic carbocycles. The van der Waals surface area contributed by atoms with E-state index in [1.165, 1.54) is 23.1 Å². The van der Waals surface area contributed by atoms with Gasteiger partial charge in [0.2, 0.25) is 5.91 Å². The summed E-state index contributed by atoms with van der Waals surface area (Å²) in [6.45, 7) is -0.0958. The van der Waals surface area contributed by atoms with Crippen LogP contribution in [-0.4, -0.2) is 71.7 Å². The standard InChI is InChI=1S/C16H17N3O8/c20-14(17-3-4-26-8-11(17)6-16(22)23)7-18-12-5-10(19(24)25)1-2-13(12)27-9-15(18)21/h1-2,5,11H,3-4,6-9H2,(H,22,23). The predicted molar refractivity (Wildman–Crippen MR) is 89.5 cm³/mol. The number of amides is 2.